The molecule has 1 N–H and O–H groups in total. The molecule has 1 aliphatic heterocycles. The van der Waals surface area contributed by atoms with Crippen LogP contribution in [0.2, 0.25) is 0 Å². The number of halogens is 1. The van der Waals surface area contributed by atoms with E-state index in [0.717, 1.165) is 48.7 Å². The van der Waals surface area contributed by atoms with Gasteiger partial charge in [0.25, 0.3) is 0 Å². The molecular weight excluding hydrogens is 479 g/mol. The largest absolute Gasteiger partial charge is 0.357 e. The van der Waals surface area contributed by atoms with E-state index in [9.17, 15) is 4.79 Å². The molecule has 8 heteroatoms. The van der Waals surface area contributed by atoms with Crippen molar-refractivity contribution in [3.63, 3.8) is 0 Å². The van der Waals surface area contributed by atoms with Crippen LogP contribution in [-0.4, -0.2) is 51.6 Å². The Kier molecular flexibility index (Phi) is 8.94. The van der Waals surface area contributed by atoms with E-state index in [4.69, 9.17) is 4.99 Å². The van der Waals surface area contributed by atoms with Gasteiger partial charge in [0, 0.05) is 58.5 Å². The second-order valence-electron chi connectivity index (χ2n) is 7.29. The molecule has 1 saturated heterocycles. The quantitative estimate of drug-likeness (QED) is 0.354. The fourth-order valence-electron chi connectivity index (χ4n) is 3.46. The van der Waals surface area contributed by atoms with Crippen LogP contribution < -0.4 is 5.32 Å². The minimum Gasteiger partial charge on any atom is -0.357 e. The van der Waals surface area contributed by atoms with Crippen LogP contribution in [0.3, 0.4) is 0 Å². The number of aryl methyl sites for hydroxylation is 1. The lowest BCUT2D eigenvalue weighted by Crippen LogP contribution is -2.38. The molecule has 1 aromatic heterocycles. The van der Waals surface area contributed by atoms with Crippen molar-refractivity contribution in [3.05, 3.63) is 53.3 Å². The minimum atomic E-state index is 0. The number of nitrogens with zero attached hydrogens (tertiary/aromatic N) is 5. The summed E-state index contributed by atoms with van der Waals surface area (Å²) >= 11 is 0. The molecule has 29 heavy (non-hydrogen) atoms. The summed E-state index contributed by atoms with van der Waals surface area (Å²) in [6.07, 6.45) is 5.55. The summed E-state index contributed by atoms with van der Waals surface area (Å²) < 4.78 is 1.81. The fourth-order valence-corrected chi connectivity index (χ4v) is 3.46. The van der Waals surface area contributed by atoms with Crippen LogP contribution in [0.15, 0.2) is 41.7 Å². The van der Waals surface area contributed by atoms with E-state index >= 15 is 0 Å². The molecular formula is C21H31IN6O. The van der Waals surface area contributed by atoms with Gasteiger partial charge in [0.15, 0.2) is 5.96 Å². The van der Waals surface area contributed by atoms with Gasteiger partial charge in [-0.1, -0.05) is 24.3 Å². The Hall–Kier alpha value is -2.10. The molecule has 1 aromatic carbocycles. The van der Waals surface area contributed by atoms with Gasteiger partial charge in [-0.25, -0.2) is 4.99 Å². The predicted molar refractivity (Wildman–Crippen MR) is 126 cm³/mol. The molecule has 0 radical (unpaired) electrons. The Morgan fingerprint density at radius 2 is 2.10 bits per heavy atom. The van der Waals surface area contributed by atoms with Gasteiger partial charge in [-0.2, -0.15) is 5.10 Å². The third-order valence-electron chi connectivity index (χ3n) is 4.82. The van der Waals surface area contributed by atoms with Crippen molar-refractivity contribution >= 4 is 35.8 Å². The Bertz CT molecular complexity index is 834. The minimum absolute atomic E-state index is 0. The van der Waals surface area contributed by atoms with Crippen LogP contribution in [0, 0.1) is 0 Å². The number of carbonyl (C=O) groups is 1. The van der Waals surface area contributed by atoms with Crippen LogP contribution in [0.4, 0.5) is 0 Å². The Morgan fingerprint density at radius 1 is 1.31 bits per heavy atom. The van der Waals surface area contributed by atoms with E-state index in [0.29, 0.717) is 19.5 Å². The van der Waals surface area contributed by atoms with Crippen LogP contribution >= 0.6 is 24.0 Å². The van der Waals surface area contributed by atoms with Crippen LogP contribution in [0.25, 0.3) is 0 Å². The Labute approximate surface area is 190 Å². The molecule has 0 atom stereocenters. The normalized spacial score (nSPS) is 14.1. The first-order valence-corrected chi connectivity index (χ1v) is 9.87. The number of benzene rings is 1. The second-order valence-corrected chi connectivity index (χ2v) is 7.29. The van der Waals surface area contributed by atoms with Crippen molar-refractivity contribution in [3.8, 4) is 0 Å². The van der Waals surface area contributed by atoms with Gasteiger partial charge in [-0.05, 0) is 24.5 Å². The van der Waals surface area contributed by atoms with Crippen molar-refractivity contribution < 1.29 is 4.79 Å². The van der Waals surface area contributed by atoms with Gasteiger partial charge in [-0.15, -0.1) is 24.0 Å². The van der Waals surface area contributed by atoms with E-state index in [2.05, 4.69) is 40.4 Å². The predicted octanol–water partition coefficient (Wildman–Crippen LogP) is 2.76. The number of rotatable bonds is 7. The van der Waals surface area contributed by atoms with Crippen LogP contribution in [0.5, 0.6) is 0 Å². The highest BCUT2D eigenvalue weighted by molar-refractivity contribution is 14.0. The third-order valence-corrected chi connectivity index (χ3v) is 4.82. The number of aliphatic imine (C=N–C) groups is 1. The molecule has 1 aliphatic rings. The highest BCUT2D eigenvalue weighted by atomic mass is 127. The summed E-state index contributed by atoms with van der Waals surface area (Å²) in [6, 6.07) is 8.37. The molecule has 0 aliphatic carbocycles. The molecule has 0 spiro atoms. The zero-order chi connectivity index (χ0) is 19.9. The average Bonchev–Trinajstić information content (AvgIpc) is 3.27. The summed E-state index contributed by atoms with van der Waals surface area (Å²) in [5.74, 6) is 1.13. The molecule has 0 unspecified atom stereocenters. The van der Waals surface area contributed by atoms with E-state index in [-0.39, 0.29) is 29.9 Å². The van der Waals surface area contributed by atoms with Crippen molar-refractivity contribution in [2.45, 2.75) is 39.4 Å². The highest BCUT2D eigenvalue weighted by Gasteiger charge is 2.19. The summed E-state index contributed by atoms with van der Waals surface area (Å²) in [7, 11) is 3.95. The highest BCUT2D eigenvalue weighted by Crippen LogP contribution is 2.15. The van der Waals surface area contributed by atoms with Crippen molar-refractivity contribution in [2.75, 3.05) is 20.1 Å². The summed E-state index contributed by atoms with van der Waals surface area (Å²) in [5.41, 5.74) is 3.46. The smallest absolute Gasteiger partial charge is 0.222 e. The van der Waals surface area contributed by atoms with E-state index < -0.39 is 0 Å². The molecule has 2 heterocycles. The number of likely N-dealkylation sites (tertiary alicyclic amines) is 1. The lowest BCUT2D eigenvalue weighted by atomic mass is 10.1. The van der Waals surface area contributed by atoms with Gasteiger partial charge >= 0.3 is 0 Å². The van der Waals surface area contributed by atoms with Gasteiger partial charge in [0.05, 0.1) is 12.7 Å². The maximum absolute atomic E-state index is 11.9. The van der Waals surface area contributed by atoms with Crippen molar-refractivity contribution in [2.24, 2.45) is 12.0 Å². The van der Waals surface area contributed by atoms with Crippen molar-refractivity contribution in [1.82, 2.24) is 24.9 Å². The summed E-state index contributed by atoms with van der Waals surface area (Å²) in [5, 5.41) is 7.58. The molecule has 7 nitrogen and oxygen atoms in total. The number of hydrogen-bond donors (Lipinski definition) is 1. The standard InChI is InChI=1S/C21H30N6O.HI/c1-4-22-21(25(2)14-19-13-24-26(3)15-19)23-12-17-7-5-8-18(11-17)16-27-10-6-9-20(27)28;/h5,7-8,11,13,15H,4,6,9-10,12,14,16H2,1-3H3,(H,22,23);1H. The van der Waals surface area contributed by atoms with E-state index in [1.165, 1.54) is 0 Å². The lowest BCUT2D eigenvalue weighted by Gasteiger charge is -2.21. The zero-order valence-electron chi connectivity index (χ0n) is 17.5. The summed E-state index contributed by atoms with van der Waals surface area (Å²) in [4.78, 5) is 20.7. The number of amides is 1. The molecule has 3 rings (SSSR count). The topological polar surface area (TPSA) is 65.8 Å². The van der Waals surface area contributed by atoms with Gasteiger partial charge in [0.2, 0.25) is 5.91 Å². The van der Waals surface area contributed by atoms with Gasteiger partial charge in [-0.3, -0.25) is 9.48 Å². The van der Waals surface area contributed by atoms with Crippen LogP contribution in [-0.2, 0) is 31.5 Å². The fraction of sp³-hybridized carbons (Fsp3) is 0.476. The molecule has 2 aromatic rings. The second kappa shape index (κ2) is 11.2. The number of hydrogen-bond acceptors (Lipinski definition) is 3. The molecule has 0 bridgehead atoms. The van der Waals surface area contributed by atoms with Crippen molar-refractivity contribution in [1.29, 1.82) is 0 Å². The van der Waals surface area contributed by atoms with Gasteiger partial charge < -0.3 is 15.1 Å². The monoisotopic (exact) mass is 510 g/mol. The maximum atomic E-state index is 11.9. The molecule has 0 saturated carbocycles. The number of nitrogens with one attached hydrogen (secondary N) is 1. The number of guanidine groups is 1. The van der Waals surface area contributed by atoms with Crippen LogP contribution in [0.1, 0.15) is 36.5 Å². The first kappa shape index (κ1) is 23.2. The summed E-state index contributed by atoms with van der Waals surface area (Å²) in [6.45, 7) is 5.79. The Balaban J connectivity index is 0.00000300. The molecule has 1 fully saturated rings. The first-order valence-electron chi connectivity index (χ1n) is 9.87. The zero-order valence-corrected chi connectivity index (χ0v) is 19.8. The Morgan fingerprint density at radius 3 is 2.76 bits per heavy atom. The van der Waals surface area contributed by atoms with Gasteiger partial charge in [0.1, 0.15) is 0 Å². The average molecular weight is 510 g/mol. The maximum Gasteiger partial charge on any atom is 0.222 e. The SMILES string of the molecule is CCNC(=NCc1cccc(CN2CCCC2=O)c1)N(C)Cc1cnn(C)c1.I. The number of carbonyl (C=O) groups excluding carboxylic acids is 1. The van der Waals surface area contributed by atoms with E-state index in [1.54, 1.807) is 0 Å². The first-order chi connectivity index (χ1) is 13.5. The van der Waals surface area contributed by atoms with E-state index in [1.807, 2.05) is 42.1 Å². The third kappa shape index (κ3) is 6.73. The lowest BCUT2D eigenvalue weighted by molar-refractivity contribution is -0.128. The number of aromatic nitrogens is 2. The molecule has 1 amide bonds. The molecule has 158 valence electrons.